The number of hydrogen-bond donors (Lipinski definition) is 3. The Bertz CT molecular complexity index is 583. The fourth-order valence-corrected chi connectivity index (χ4v) is 3.67. The molecule has 1 aliphatic heterocycles. The molecule has 3 N–H and O–H groups in total. The molecule has 2 fully saturated rings. The smallest absolute Gasteiger partial charge is 0.396 e. The van der Waals surface area contributed by atoms with E-state index in [1.807, 2.05) is 6.92 Å². The van der Waals surface area contributed by atoms with Gasteiger partial charge in [-0.15, -0.1) is 0 Å². The summed E-state index contributed by atoms with van der Waals surface area (Å²) in [5, 5.41) is 15.5. The number of piperidine rings is 1. The highest BCUT2D eigenvalue weighted by atomic mass is 32.2. The van der Waals surface area contributed by atoms with Gasteiger partial charge in [0.15, 0.2) is 5.96 Å². The van der Waals surface area contributed by atoms with Gasteiger partial charge < -0.3 is 15.7 Å². The first-order valence-corrected chi connectivity index (χ1v) is 9.80. The van der Waals surface area contributed by atoms with Gasteiger partial charge in [-0.3, -0.25) is 4.99 Å². The number of aliphatic hydroxyl groups excluding tert-OH is 1. The van der Waals surface area contributed by atoms with E-state index in [1.54, 1.807) is 0 Å². The third-order valence-electron chi connectivity index (χ3n) is 4.64. The van der Waals surface area contributed by atoms with Gasteiger partial charge in [0, 0.05) is 31.1 Å². The quantitative estimate of drug-likeness (QED) is 0.460. The third kappa shape index (κ3) is 4.98. The predicted octanol–water partition coefficient (Wildman–Crippen LogP) is 0.628. The summed E-state index contributed by atoms with van der Waals surface area (Å²) in [4.78, 5) is 4.44. The summed E-state index contributed by atoms with van der Waals surface area (Å²) in [5.41, 5.74) is -5.39. The van der Waals surface area contributed by atoms with Crippen molar-refractivity contribution in [2.24, 2.45) is 10.4 Å². The zero-order valence-corrected chi connectivity index (χ0v) is 15.0. The minimum atomic E-state index is -5.26. The van der Waals surface area contributed by atoms with Gasteiger partial charge in [-0.25, -0.2) is 8.42 Å². The van der Waals surface area contributed by atoms with Crippen LogP contribution in [0.4, 0.5) is 13.2 Å². The van der Waals surface area contributed by atoms with E-state index in [9.17, 15) is 26.7 Å². The second-order valence-electron chi connectivity index (χ2n) is 6.62. The number of halogens is 3. The molecule has 2 rings (SSSR count). The molecule has 146 valence electrons. The van der Waals surface area contributed by atoms with Crippen molar-refractivity contribution < 1.29 is 26.7 Å². The van der Waals surface area contributed by atoms with Crippen molar-refractivity contribution in [3.05, 3.63) is 0 Å². The van der Waals surface area contributed by atoms with Crippen LogP contribution in [0.15, 0.2) is 4.99 Å². The van der Waals surface area contributed by atoms with Crippen LogP contribution in [0, 0.1) is 5.41 Å². The monoisotopic (exact) mass is 386 g/mol. The third-order valence-corrected chi connectivity index (χ3v) is 6.27. The highest BCUT2D eigenvalue weighted by Crippen LogP contribution is 2.45. The van der Waals surface area contributed by atoms with Gasteiger partial charge in [0.2, 0.25) is 0 Å². The van der Waals surface area contributed by atoms with Gasteiger partial charge in [-0.1, -0.05) is 0 Å². The van der Waals surface area contributed by atoms with Gasteiger partial charge in [0.1, 0.15) is 0 Å². The Hall–Kier alpha value is -1.07. The number of sulfonamides is 1. The average molecular weight is 386 g/mol. The first-order valence-electron chi connectivity index (χ1n) is 8.36. The number of aliphatic hydroxyl groups is 1. The van der Waals surface area contributed by atoms with Crippen LogP contribution < -0.4 is 10.6 Å². The Morgan fingerprint density at radius 3 is 2.36 bits per heavy atom. The molecule has 11 heteroatoms. The van der Waals surface area contributed by atoms with Crippen molar-refractivity contribution in [3.8, 4) is 0 Å². The Morgan fingerprint density at radius 1 is 1.32 bits per heavy atom. The second kappa shape index (κ2) is 7.67. The zero-order valence-electron chi connectivity index (χ0n) is 14.1. The molecule has 1 saturated carbocycles. The maximum Gasteiger partial charge on any atom is 0.511 e. The number of nitrogens with zero attached hydrogens (tertiary/aromatic N) is 2. The fourth-order valence-electron chi connectivity index (χ4n) is 2.69. The molecule has 0 bridgehead atoms. The molecule has 7 nitrogen and oxygen atoms in total. The van der Waals surface area contributed by atoms with Gasteiger partial charge >= 0.3 is 15.5 Å². The normalized spacial score (nSPS) is 22.7. The molecule has 0 unspecified atom stereocenters. The molecule has 0 aromatic carbocycles. The Morgan fingerprint density at radius 2 is 1.92 bits per heavy atom. The van der Waals surface area contributed by atoms with E-state index in [0.717, 1.165) is 12.8 Å². The Labute approximate surface area is 145 Å². The van der Waals surface area contributed by atoms with Crippen molar-refractivity contribution in [2.45, 2.75) is 44.2 Å². The Kier molecular flexibility index (Phi) is 6.21. The van der Waals surface area contributed by atoms with Crippen LogP contribution in [-0.4, -0.2) is 68.1 Å². The number of hydrogen-bond acceptors (Lipinski definition) is 4. The first-order chi connectivity index (χ1) is 11.6. The van der Waals surface area contributed by atoms with E-state index in [0.29, 0.717) is 23.4 Å². The van der Waals surface area contributed by atoms with Gasteiger partial charge in [-0.2, -0.15) is 17.5 Å². The molecule has 0 radical (unpaired) electrons. The summed E-state index contributed by atoms with van der Waals surface area (Å²) in [6.45, 7) is 2.73. The standard InChI is InChI=1S/C14H25F3N4O3S/c1-2-18-12(19-9-13(10-22)5-6-13)20-11-3-7-21(8-4-11)25(23,24)14(15,16)17/h11,22H,2-10H2,1H3,(H2,18,19,20). The van der Waals surface area contributed by atoms with Crippen LogP contribution in [0.2, 0.25) is 0 Å². The highest BCUT2D eigenvalue weighted by Gasteiger charge is 2.50. The highest BCUT2D eigenvalue weighted by molar-refractivity contribution is 7.90. The van der Waals surface area contributed by atoms with Crippen LogP contribution >= 0.6 is 0 Å². The number of rotatable bonds is 6. The molecule has 25 heavy (non-hydrogen) atoms. The van der Waals surface area contributed by atoms with Gasteiger partial charge in [0.05, 0.1) is 13.2 Å². The minimum absolute atomic E-state index is 0.0869. The molecule has 0 atom stereocenters. The lowest BCUT2D eigenvalue weighted by Crippen LogP contribution is -2.51. The topological polar surface area (TPSA) is 94.0 Å². The molecule has 0 aromatic heterocycles. The lowest BCUT2D eigenvalue weighted by Gasteiger charge is -2.32. The van der Waals surface area contributed by atoms with E-state index < -0.39 is 15.5 Å². The lowest BCUT2D eigenvalue weighted by molar-refractivity contribution is -0.0494. The van der Waals surface area contributed by atoms with Crippen molar-refractivity contribution in [2.75, 3.05) is 32.8 Å². The first kappa shape index (κ1) is 20.2. The molecular formula is C14H25F3N4O3S. The molecular weight excluding hydrogens is 361 g/mol. The molecule has 0 aromatic rings. The van der Waals surface area contributed by atoms with E-state index in [2.05, 4.69) is 15.6 Å². The van der Waals surface area contributed by atoms with E-state index in [-0.39, 0.29) is 44.0 Å². The maximum atomic E-state index is 12.6. The molecule has 0 spiro atoms. The van der Waals surface area contributed by atoms with Crippen LogP contribution in [0.5, 0.6) is 0 Å². The molecule has 0 amide bonds. The zero-order chi connectivity index (χ0) is 18.7. The lowest BCUT2D eigenvalue weighted by atomic mass is 10.1. The second-order valence-corrected chi connectivity index (χ2v) is 8.55. The number of nitrogens with one attached hydrogen (secondary N) is 2. The maximum absolute atomic E-state index is 12.6. The summed E-state index contributed by atoms with van der Waals surface area (Å²) in [6.07, 6.45) is 2.40. The van der Waals surface area contributed by atoms with Crippen molar-refractivity contribution in [1.29, 1.82) is 0 Å². The number of alkyl halides is 3. The van der Waals surface area contributed by atoms with Gasteiger partial charge in [0.25, 0.3) is 0 Å². The Balaban J connectivity index is 1.89. The molecule has 1 saturated heterocycles. The van der Waals surface area contributed by atoms with E-state index in [4.69, 9.17) is 0 Å². The summed E-state index contributed by atoms with van der Waals surface area (Å²) >= 11 is 0. The summed E-state index contributed by atoms with van der Waals surface area (Å²) in [5.74, 6) is 0.541. The number of guanidine groups is 1. The predicted molar refractivity (Wildman–Crippen MR) is 87.4 cm³/mol. The summed E-state index contributed by atoms with van der Waals surface area (Å²) in [6, 6.07) is -0.151. The molecule has 1 aliphatic carbocycles. The van der Waals surface area contributed by atoms with Crippen molar-refractivity contribution in [1.82, 2.24) is 14.9 Å². The average Bonchev–Trinajstić information content (AvgIpc) is 3.33. The minimum Gasteiger partial charge on any atom is -0.396 e. The SMILES string of the molecule is CCNC(=NCC1(CO)CC1)NC1CCN(S(=O)(=O)C(F)(F)F)CC1. The van der Waals surface area contributed by atoms with E-state index >= 15 is 0 Å². The summed E-state index contributed by atoms with van der Waals surface area (Å²) < 4.78 is 61.1. The van der Waals surface area contributed by atoms with Crippen LogP contribution in [0.25, 0.3) is 0 Å². The van der Waals surface area contributed by atoms with Crippen LogP contribution in [-0.2, 0) is 10.0 Å². The van der Waals surface area contributed by atoms with E-state index in [1.165, 1.54) is 0 Å². The van der Waals surface area contributed by atoms with Crippen LogP contribution in [0.3, 0.4) is 0 Å². The van der Waals surface area contributed by atoms with Gasteiger partial charge in [-0.05, 0) is 32.6 Å². The summed E-state index contributed by atoms with van der Waals surface area (Å²) in [7, 11) is -5.25. The fraction of sp³-hybridized carbons (Fsp3) is 0.929. The van der Waals surface area contributed by atoms with Crippen LogP contribution in [0.1, 0.15) is 32.6 Å². The van der Waals surface area contributed by atoms with Crippen molar-refractivity contribution >= 4 is 16.0 Å². The number of aliphatic imine (C=N–C) groups is 1. The largest absolute Gasteiger partial charge is 0.511 e. The van der Waals surface area contributed by atoms with Crippen molar-refractivity contribution in [3.63, 3.8) is 0 Å². The molecule has 2 aliphatic rings. The molecule has 1 heterocycles.